The van der Waals surface area contributed by atoms with Gasteiger partial charge in [-0.05, 0) is 38.5 Å². The van der Waals surface area contributed by atoms with Crippen molar-refractivity contribution in [3.05, 3.63) is 36.5 Å². The molecule has 0 aliphatic heterocycles. The second-order valence-electron chi connectivity index (χ2n) is 20.7. The van der Waals surface area contributed by atoms with Crippen LogP contribution in [0.3, 0.4) is 0 Å². The zero-order valence-electron chi connectivity index (χ0n) is 44.4. The van der Waals surface area contributed by atoms with Gasteiger partial charge in [0.15, 0.2) is 0 Å². The van der Waals surface area contributed by atoms with Crippen LogP contribution in [0.5, 0.6) is 0 Å². The fourth-order valence-electron chi connectivity index (χ4n) is 8.38. The fourth-order valence-corrected chi connectivity index (χ4v) is 9.11. The molecule has 3 atom stereocenters. The molecule has 0 saturated carbocycles. The first-order chi connectivity index (χ1) is 32.0. The lowest BCUT2D eigenvalue weighted by Crippen LogP contribution is -2.45. The maximum absolute atomic E-state index is 12.9. The molecule has 0 spiro atoms. The third-order valence-electron chi connectivity index (χ3n) is 12.8. The van der Waals surface area contributed by atoms with Gasteiger partial charge in [-0.3, -0.25) is 13.8 Å². The van der Waals surface area contributed by atoms with Crippen molar-refractivity contribution in [1.29, 1.82) is 0 Å². The molecule has 0 heterocycles. The number of aliphatic hydroxyl groups is 1. The van der Waals surface area contributed by atoms with Crippen LogP contribution in [0.15, 0.2) is 36.5 Å². The standard InChI is InChI=1S/C57H111N2O6P/c1-6-8-10-12-14-16-18-19-20-21-22-23-24-25-26-27-28-29-30-31-32-33-34-35-36-37-38-39-41-43-45-47-49-51-57(61)58-55(54-65-66(62,63)64-53-52-59(3,4)5)56(60)50-48-46-44-42-40-17-15-13-11-9-7-2/h11,13,40,42,48,50,55-56,60H,6-10,12,14-39,41,43-47,49,51-54H2,1-5H3,(H-,58,61,62,63)/p+1/b13-11+,42-40+,50-48+. The van der Waals surface area contributed by atoms with Crippen molar-refractivity contribution in [3.8, 4) is 0 Å². The molecule has 0 aromatic rings. The Hall–Kier alpha value is -1.28. The molecule has 3 unspecified atom stereocenters. The van der Waals surface area contributed by atoms with Crippen LogP contribution < -0.4 is 5.32 Å². The van der Waals surface area contributed by atoms with Crippen LogP contribution in [-0.4, -0.2) is 73.4 Å². The molecule has 3 N–H and O–H groups in total. The van der Waals surface area contributed by atoms with Gasteiger partial charge in [0.2, 0.25) is 5.91 Å². The Morgan fingerprint density at radius 3 is 1.18 bits per heavy atom. The molecule has 0 bridgehead atoms. The Labute approximate surface area is 410 Å². The topological polar surface area (TPSA) is 105 Å². The number of nitrogens with one attached hydrogen (secondary N) is 1. The maximum atomic E-state index is 12.9. The van der Waals surface area contributed by atoms with Gasteiger partial charge in [0.05, 0.1) is 39.9 Å². The highest BCUT2D eigenvalue weighted by molar-refractivity contribution is 7.47. The van der Waals surface area contributed by atoms with E-state index in [0.29, 0.717) is 17.4 Å². The summed E-state index contributed by atoms with van der Waals surface area (Å²) in [5, 5.41) is 13.8. The Bertz CT molecular complexity index is 1170. The first-order valence-electron chi connectivity index (χ1n) is 28.4. The van der Waals surface area contributed by atoms with Crippen molar-refractivity contribution >= 4 is 13.7 Å². The number of carbonyl (C=O) groups is 1. The summed E-state index contributed by atoms with van der Waals surface area (Å²) in [6, 6.07) is -0.866. The summed E-state index contributed by atoms with van der Waals surface area (Å²) in [4.78, 5) is 23.2. The van der Waals surface area contributed by atoms with Gasteiger partial charge in [-0.2, -0.15) is 0 Å². The van der Waals surface area contributed by atoms with Gasteiger partial charge in [0, 0.05) is 6.42 Å². The predicted octanol–water partition coefficient (Wildman–Crippen LogP) is 17.0. The molecule has 0 rings (SSSR count). The zero-order chi connectivity index (χ0) is 48.5. The van der Waals surface area contributed by atoms with E-state index >= 15 is 0 Å². The minimum absolute atomic E-state index is 0.0546. The molecule has 1 amide bonds. The summed E-state index contributed by atoms with van der Waals surface area (Å²) in [5.41, 5.74) is 0. The summed E-state index contributed by atoms with van der Waals surface area (Å²) in [5.74, 6) is -0.188. The molecule has 0 aromatic heterocycles. The summed E-state index contributed by atoms with van der Waals surface area (Å²) < 4.78 is 23.6. The van der Waals surface area contributed by atoms with E-state index in [1.54, 1.807) is 6.08 Å². The minimum Gasteiger partial charge on any atom is -0.387 e. The number of amides is 1. The van der Waals surface area contributed by atoms with Crippen molar-refractivity contribution in [2.75, 3.05) is 40.9 Å². The largest absolute Gasteiger partial charge is 0.472 e. The molecule has 0 fully saturated rings. The van der Waals surface area contributed by atoms with E-state index in [-0.39, 0.29) is 19.1 Å². The first-order valence-corrected chi connectivity index (χ1v) is 29.9. The normalized spacial score (nSPS) is 14.2. The molecule has 9 heteroatoms. The molecule has 0 aliphatic rings. The Morgan fingerprint density at radius 1 is 0.500 bits per heavy atom. The van der Waals surface area contributed by atoms with Crippen LogP contribution in [0.2, 0.25) is 0 Å². The number of hydrogen-bond donors (Lipinski definition) is 3. The number of allylic oxidation sites excluding steroid dienone is 5. The maximum Gasteiger partial charge on any atom is 0.472 e. The zero-order valence-corrected chi connectivity index (χ0v) is 45.3. The van der Waals surface area contributed by atoms with Gasteiger partial charge in [0.1, 0.15) is 13.2 Å². The van der Waals surface area contributed by atoms with Crippen LogP contribution in [-0.2, 0) is 18.4 Å². The predicted molar refractivity (Wildman–Crippen MR) is 286 cm³/mol. The number of hydrogen-bond acceptors (Lipinski definition) is 5. The van der Waals surface area contributed by atoms with Gasteiger partial charge >= 0.3 is 7.82 Å². The van der Waals surface area contributed by atoms with Crippen molar-refractivity contribution in [2.45, 2.75) is 283 Å². The molecule has 66 heavy (non-hydrogen) atoms. The van der Waals surface area contributed by atoms with Crippen molar-refractivity contribution < 1.29 is 32.9 Å². The smallest absolute Gasteiger partial charge is 0.387 e. The van der Waals surface area contributed by atoms with E-state index in [9.17, 15) is 19.4 Å². The van der Waals surface area contributed by atoms with Crippen LogP contribution in [0.4, 0.5) is 0 Å². The lowest BCUT2D eigenvalue weighted by Gasteiger charge is -2.25. The summed E-state index contributed by atoms with van der Waals surface area (Å²) >= 11 is 0. The number of nitrogens with zero attached hydrogens (tertiary/aromatic N) is 1. The van der Waals surface area contributed by atoms with Crippen LogP contribution in [0.1, 0.15) is 271 Å². The highest BCUT2D eigenvalue weighted by Crippen LogP contribution is 2.43. The average molecular weight is 953 g/mol. The van der Waals surface area contributed by atoms with Gasteiger partial charge in [0.25, 0.3) is 0 Å². The molecule has 0 saturated heterocycles. The summed E-state index contributed by atoms with van der Waals surface area (Å²) in [6.07, 6.45) is 62.8. The third-order valence-corrected chi connectivity index (χ3v) is 13.8. The molecule has 8 nitrogen and oxygen atoms in total. The Morgan fingerprint density at radius 2 is 0.833 bits per heavy atom. The minimum atomic E-state index is -4.35. The van der Waals surface area contributed by atoms with E-state index < -0.39 is 20.0 Å². The molecule has 0 aliphatic carbocycles. The number of likely N-dealkylation sites (N-methyl/N-ethyl adjacent to an activating group) is 1. The van der Waals surface area contributed by atoms with E-state index in [1.807, 2.05) is 27.2 Å². The van der Waals surface area contributed by atoms with Crippen LogP contribution in [0, 0.1) is 0 Å². The number of rotatable bonds is 52. The van der Waals surface area contributed by atoms with Crippen molar-refractivity contribution in [1.82, 2.24) is 5.32 Å². The van der Waals surface area contributed by atoms with Crippen LogP contribution >= 0.6 is 7.82 Å². The van der Waals surface area contributed by atoms with E-state index in [2.05, 4.69) is 43.5 Å². The summed E-state index contributed by atoms with van der Waals surface area (Å²) in [7, 11) is 1.55. The SMILES string of the molecule is CCC/C=C/CC/C=C/CC/C=C/C(O)C(COP(=O)(O)OCC[N+](C)(C)C)NC(=O)CCCCCCCCCCCCCCCCCCCCCCCCCCCCCCCCCCC. The van der Waals surface area contributed by atoms with Crippen molar-refractivity contribution in [3.63, 3.8) is 0 Å². The van der Waals surface area contributed by atoms with E-state index in [1.165, 1.54) is 199 Å². The monoisotopic (exact) mass is 952 g/mol. The second-order valence-corrected chi connectivity index (χ2v) is 22.1. The average Bonchev–Trinajstić information content (AvgIpc) is 3.28. The Kier molecular flexibility index (Phi) is 47.8. The number of phosphoric ester groups is 1. The molecule has 390 valence electrons. The van der Waals surface area contributed by atoms with E-state index in [4.69, 9.17) is 9.05 Å². The highest BCUT2D eigenvalue weighted by atomic mass is 31.2. The number of unbranched alkanes of at least 4 members (excludes halogenated alkanes) is 35. The number of carbonyl (C=O) groups excluding carboxylic acids is 1. The Balaban J connectivity index is 3.94. The van der Waals surface area contributed by atoms with E-state index in [0.717, 1.165) is 51.4 Å². The van der Waals surface area contributed by atoms with Gasteiger partial charge in [-0.15, -0.1) is 0 Å². The molecular weight excluding hydrogens is 840 g/mol. The quantitative estimate of drug-likeness (QED) is 0.0243. The number of phosphoric acid groups is 1. The highest BCUT2D eigenvalue weighted by Gasteiger charge is 2.27. The molecule has 0 aromatic carbocycles. The number of quaternary nitrogens is 1. The van der Waals surface area contributed by atoms with Gasteiger partial charge in [-0.1, -0.05) is 262 Å². The van der Waals surface area contributed by atoms with Crippen LogP contribution in [0.25, 0.3) is 0 Å². The fraction of sp³-hybridized carbons (Fsp3) is 0.877. The lowest BCUT2D eigenvalue weighted by molar-refractivity contribution is -0.870. The second kappa shape index (κ2) is 48.7. The number of aliphatic hydroxyl groups excluding tert-OH is 1. The molecular formula is C57H112N2O6P+. The van der Waals surface area contributed by atoms with Gasteiger partial charge < -0.3 is 19.8 Å². The molecule has 0 radical (unpaired) electrons. The van der Waals surface area contributed by atoms with Crippen molar-refractivity contribution in [2.24, 2.45) is 0 Å². The first kappa shape index (κ1) is 64.7. The summed E-state index contributed by atoms with van der Waals surface area (Å²) in [6.45, 7) is 4.73. The third kappa shape index (κ3) is 50.6. The lowest BCUT2D eigenvalue weighted by atomic mass is 10.0. The van der Waals surface area contributed by atoms with Gasteiger partial charge in [-0.25, -0.2) is 4.57 Å².